The van der Waals surface area contributed by atoms with Crippen molar-refractivity contribution >= 4 is 58.6 Å². The van der Waals surface area contributed by atoms with Crippen LogP contribution in [0.15, 0.2) is 17.1 Å². The monoisotopic (exact) mass is 330 g/mol. The fourth-order valence-corrected chi connectivity index (χ4v) is 1.98. The van der Waals surface area contributed by atoms with Crippen LogP contribution in [0.3, 0.4) is 0 Å². The van der Waals surface area contributed by atoms with Gasteiger partial charge in [-0.2, -0.15) is 0 Å². The number of amides is 1. The Labute approximate surface area is 134 Å². The molecule has 1 rings (SSSR count). The van der Waals surface area contributed by atoms with Gasteiger partial charge in [0.15, 0.2) is 0 Å². The van der Waals surface area contributed by atoms with E-state index >= 15 is 0 Å². The maximum absolute atomic E-state index is 11.8. The molecule has 1 N–H and O–H groups in total. The molecule has 1 aromatic rings. The summed E-state index contributed by atoms with van der Waals surface area (Å²) in [5, 5.41) is 5.07. The fraction of sp³-hybridized carbons (Fsp3) is 0.357. The quantitative estimate of drug-likeness (QED) is 0.658. The van der Waals surface area contributed by atoms with Gasteiger partial charge in [0.05, 0.1) is 10.0 Å². The number of aliphatic imine (C=N–C) groups is 1. The van der Waals surface area contributed by atoms with Gasteiger partial charge in [0.25, 0.3) is 0 Å². The molecule has 0 bridgehead atoms. The maximum atomic E-state index is 11.8. The lowest BCUT2D eigenvalue weighted by atomic mass is 9.95. The van der Waals surface area contributed by atoms with Crippen molar-refractivity contribution in [2.24, 2.45) is 10.4 Å². The van der Waals surface area contributed by atoms with Gasteiger partial charge in [-0.05, 0) is 11.6 Å². The summed E-state index contributed by atoms with van der Waals surface area (Å²) in [6, 6.07) is 3.46. The molecule has 0 saturated heterocycles. The van der Waals surface area contributed by atoms with E-state index in [-0.39, 0.29) is 5.91 Å². The predicted octanol–water partition coefficient (Wildman–Crippen LogP) is 4.36. The Morgan fingerprint density at radius 1 is 1.40 bits per heavy atom. The van der Waals surface area contributed by atoms with E-state index in [1.807, 2.05) is 20.8 Å². The first kappa shape index (κ1) is 17.1. The predicted molar refractivity (Wildman–Crippen MR) is 89.6 cm³/mol. The molecular formula is C14H16Cl2N2OS. The Hall–Kier alpha value is -0.970. The van der Waals surface area contributed by atoms with Gasteiger partial charge in [-0.1, -0.05) is 62.3 Å². The number of benzene rings is 1. The minimum Gasteiger partial charge on any atom is -0.352 e. The molecule has 0 fully saturated rings. The summed E-state index contributed by atoms with van der Waals surface area (Å²) in [6.07, 6.45) is 1.44. The third-order valence-corrected chi connectivity index (χ3v) is 3.38. The Morgan fingerprint density at radius 2 is 2.05 bits per heavy atom. The van der Waals surface area contributed by atoms with Crippen LogP contribution < -0.4 is 5.32 Å². The van der Waals surface area contributed by atoms with E-state index in [9.17, 15) is 4.79 Å². The second-order valence-corrected chi connectivity index (χ2v) is 6.27. The summed E-state index contributed by atoms with van der Waals surface area (Å²) in [5.41, 5.74) is 0.763. The van der Waals surface area contributed by atoms with E-state index in [1.54, 1.807) is 12.1 Å². The Bertz CT molecular complexity index is 551. The molecule has 20 heavy (non-hydrogen) atoms. The summed E-state index contributed by atoms with van der Waals surface area (Å²) in [5.74, 6) is -0.0486. The zero-order chi connectivity index (χ0) is 15.3. The van der Waals surface area contributed by atoms with E-state index in [0.29, 0.717) is 22.3 Å². The molecule has 0 radical (unpaired) electrons. The molecular weight excluding hydrogens is 315 g/mol. The van der Waals surface area contributed by atoms with Crippen LogP contribution in [0.1, 0.15) is 26.3 Å². The summed E-state index contributed by atoms with van der Waals surface area (Å²) < 4.78 is 0. The zero-order valence-electron chi connectivity index (χ0n) is 11.5. The van der Waals surface area contributed by atoms with E-state index in [1.165, 1.54) is 11.6 Å². The number of halogens is 2. The molecule has 3 nitrogen and oxygen atoms in total. The van der Waals surface area contributed by atoms with E-state index in [0.717, 1.165) is 5.56 Å². The van der Waals surface area contributed by atoms with Crippen LogP contribution in [0.4, 0.5) is 5.69 Å². The van der Waals surface area contributed by atoms with Crippen molar-refractivity contribution in [3.8, 4) is 0 Å². The van der Waals surface area contributed by atoms with Crippen LogP contribution in [0.25, 0.3) is 0 Å². The Morgan fingerprint density at radius 3 is 2.60 bits per heavy atom. The summed E-state index contributed by atoms with van der Waals surface area (Å²) in [4.78, 5) is 15.9. The van der Waals surface area contributed by atoms with Crippen molar-refractivity contribution in [3.63, 3.8) is 0 Å². The van der Waals surface area contributed by atoms with Gasteiger partial charge in [-0.15, -0.1) is 0 Å². The van der Waals surface area contributed by atoms with Crippen molar-refractivity contribution < 1.29 is 4.79 Å². The normalized spacial score (nSPS) is 11.7. The van der Waals surface area contributed by atoms with Crippen molar-refractivity contribution in [2.45, 2.75) is 27.3 Å². The maximum Gasteiger partial charge on any atom is 0.225 e. The molecule has 0 unspecified atom stereocenters. The van der Waals surface area contributed by atoms with Gasteiger partial charge in [0.1, 0.15) is 5.69 Å². The number of nitrogens with zero attached hydrogens (tertiary/aromatic N) is 1. The average molecular weight is 331 g/mol. The smallest absolute Gasteiger partial charge is 0.225 e. The summed E-state index contributed by atoms with van der Waals surface area (Å²) in [7, 11) is 0. The molecule has 0 aliphatic rings. The topological polar surface area (TPSA) is 41.5 Å². The van der Waals surface area contributed by atoms with Gasteiger partial charge >= 0.3 is 0 Å². The molecule has 0 saturated carbocycles. The second kappa shape index (κ2) is 7.16. The number of carbonyl (C=O) groups excluding carboxylic acids is 1. The van der Waals surface area contributed by atoms with Crippen LogP contribution in [0.5, 0.6) is 0 Å². The summed E-state index contributed by atoms with van der Waals surface area (Å²) in [6.45, 7) is 5.87. The number of nitrogens with one attached hydrogen (secondary N) is 1. The molecule has 0 aromatic heterocycles. The standard InChI is InChI=1S/C14H16Cl2N2OS/c1-14(2,3)13(19)18-8-9-4-5-10(15)12(11(9)16)17-6-7-20/h4-7H,8H2,1-3H3,(H,18,19). The minimum absolute atomic E-state index is 0.0486. The van der Waals surface area contributed by atoms with E-state index in [2.05, 4.69) is 22.5 Å². The SMILES string of the molecule is CC(C)(C)C(=O)NCc1ccc(Cl)c(N=CC=S)c1Cl. The molecule has 0 aliphatic heterocycles. The van der Waals surface area contributed by atoms with Crippen molar-refractivity contribution in [3.05, 3.63) is 27.7 Å². The number of rotatable bonds is 4. The number of thiocarbonyl (C=S) groups is 1. The lowest BCUT2D eigenvalue weighted by Crippen LogP contribution is -2.34. The number of hydrogen-bond acceptors (Lipinski definition) is 3. The Balaban J connectivity index is 2.95. The van der Waals surface area contributed by atoms with Crippen LogP contribution in [-0.4, -0.2) is 17.5 Å². The lowest BCUT2D eigenvalue weighted by molar-refractivity contribution is -0.128. The molecule has 108 valence electrons. The lowest BCUT2D eigenvalue weighted by Gasteiger charge is -2.18. The van der Waals surface area contributed by atoms with Crippen molar-refractivity contribution in [1.82, 2.24) is 5.32 Å². The van der Waals surface area contributed by atoms with Gasteiger partial charge < -0.3 is 5.32 Å². The van der Waals surface area contributed by atoms with E-state index in [4.69, 9.17) is 23.2 Å². The van der Waals surface area contributed by atoms with Crippen molar-refractivity contribution in [2.75, 3.05) is 0 Å². The zero-order valence-corrected chi connectivity index (χ0v) is 13.9. The van der Waals surface area contributed by atoms with Gasteiger partial charge in [0, 0.05) is 23.5 Å². The molecule has 6 heteroatoms. The van der Waals surface area contributed by atoms with Crippen molar-refractivity contribution in [1.29, 1.82) is 0 Å². The largest absolute Gasteiger partial charge is 0.352 e. The molecule has 0 aliphatic carbocycles. The van der Waals surface area contributed by atoms with Crippen LogP contribution in [0.2, 0.25) is 10.0 Å². The molecule has 0 atom stereocenters. The highest BCUT2D eigenvalue weighted by molar-refractivity contribution is 7.80. The molecule has 0 spiro atoms. The highest BCUT2D eigenvalue weighted by Crippen LogP contribution is 2.35. The highest BCUT2D eigenvalue weighted by Gasteiger charge is 2.21. The third-order valence-electron chi connectivity index (χ3n) is 2.53. The second-order valence-electron chi connectivity index (χ2n) is 5.22. The van der Waals surface area contributed by atoms with Crippen LogP contribution in [-0.2, 0) is 11.3 Å². The number of carbonyl (C=O) groups is 1. The summed E-state index contributed by atoms with van der Waals surface area (Å²) >= 11 is 17.0. The van der Waals surface area contributed by atoms with E-state index < -0.39 is 5.41 Å². The highest BCUT2D eigenvalue weighted by atomic mass is 35.5. The molecule has 1 aromatic carbocycles. The minimum atomic E-state index is -0.447. The fourth-order valence-electron chi connectivity index (χ4n) is 1.38. The molecule has 1 amide bonds. The first-order valence-corrected chi connectivity index (χ1v) is 7.23. The number of hydrogen-bond donors (Lipinski definition) is 1. The first-order valence-electron chi connectivity index (χ1n) is 6.00. The van der Waals surface area contributed by atoms with Gasteiger partial charge in [-0.25, -0.2) is 0 Å². The first-order chi connectivity index (χ1) is 9.27. The van der Waals surface area contributed by atoms with Crippen LogP contribution in [0, 0.1) is 5.41 Å². The van der Waals surface area contributed by atoms with Gasteiger partial charge in [0.2, 0.25) is 5.91 Å². The van der Waals surface area contributed by atoms with Gasteiger partial charge in [-0.3, -0.25) is 9.79 Å². The average Bonchev–Trinajstić information content (AvgIpc) is 2.36. The third kappa shape index (κ3) is 4.54. The Kier molecular flexibility index (Phi) is 6.11. The van der Waals surface area contributed by atoms with Crippen LogP contribution >= 0.6 is 35.4 Å². The molecule has 0 heterocycles.